The summed E-state index contributed by atoms with van der Waals surface area (Å²) in [4.78, 5) is 12.7. The first-order chi connectivity index (χ1) is 10.2. The summed E-state index contributed by atoms with van der Waals surface area (Å²) in [5, 5.41) is 0.474. The highest BCUT2D eigenvalue weighted by atomic mass is 35.5. The van der Waals surface area contributed by atoms with Crippen LogP contribution in [0.4, 0.5) is 0 Å². The quantitative estimate of drug-likeness (QED) is 0.746. The minimum Gasteiger partial charge on any atom is -0.495 e. The molecule has 0 aliphatic heterocycles. The van der Waals surface area contributed by atoms with E-state index in [0.29, 0.717) is 22.9 Å². The first kappa shape index (κ1) is 15.5. The van der Waals surface area contributed by atoms with E-state index in [1.165, 1.54) is 7.11 Å². The molecule has 3 nitrogen and oxygen atoms in total. The fraction of sp³-hybridized carbons (Fsp3) is 0.235. The monoisotopic (exact) mass is 304 g/mol. The number of ketones is 1. The van der Waals surface area contributed by atoms with Crippen molar-refractivity contribution in [3.8, 4) is 5.75 Å². The molecule has 21 heavy (non-hydrogen) atoms. The van der Waals surface area contributed by atoms with Gasteiger partial charge >= 0.3 is 0 Å². The van der Waals surface area contributed by atoms with Crippen LogP contribution in [0.15, 0.2) is 48.5 Å². The number of halogens is 1. The minimum atomic E-state index is -0.623. The van der Waals surface area contributed by atoms with Gasteiger partial charge in [0.2, 0.25) is 0 Å². The first-order valence-corrected chi connectivity index (χ1v) is 7.09. The van der Waals surface area contributed by atoms with E-state index in [9.17, 15) is 4.79 Å². The maximum Gasteiger partial charge on any atom is 0.196 e. The third kappa shape index (κ3) is 3.63. The van der Waals surface area contributed by atoms with Gasteiger partial charge in [-0.2, -0.15) is 0 Å². The molecule has 0 spiro atoms. The number of methoxy groups -OCH3 is 1. The zero-order valence-corrected chi connectivity index (χ0v) is 12.8. The SMILES string of the molecule is CCOC(C(=O)c1ccc(Cl)c(OC)c1)c1ccccc1. The van der Waals surface area contributed by atoms with Gasteiger partial charge in [0, 0.05) is 12.2 Å². The van der Waals surface area contributed by atoms with Crippen LogP contribution in [-0.2, 0) is 4.74 Å². The van der Waals surface area contributed by atoms with Gasteiger partial charge in [-0.3, -0.25) is 4.79 Å². The van der Waals surface area contributed by atoms with Crippen LogP contribution in [0.25, 0.3) is 0 Å². The van der Waals surface area contributed by atoms with Crippen LogP contribution in [0.1, 0.15) is 28.9 Å². The Morgan fingerprint density at radius 1 is 1.19 bits per heavy atom. The van der Waals surface area contributed by atoms with Crippen LogP contribution >= 0.6 is 11.6 Å². The number of hydrogen-bond donors (Lipinski definition) is 0. The molecule has 0 N–H and O–H groups in total. The van der Waals surface area contributed by atoms with Gasteiger partial charge in [0.05, 0.1) is 12.1 Å². The molecule has 0 fully saturated rings. The van der Waals surface area contributed by atoms with Crippen LogP contribution in [0, 0.1) is 0 Å². The summed E-state index contributed by atoms with van der Waals surface area (Å²) in [7, 11) is 1.52. The average Bonchev–Trinajstić information content (AvgIpc) is 2.53. The largest absolute Gasteiger partial charge is 0.495 e. The second-order valence-electron chi connectivity index (χ2n) is 4.46. The highest BCUT2D eigenvalue weighted by molar-refractivity contribution is 6.32. The molecule has 0 radical (unpaired) electrons. The normalized spacial score (nSPS) is 12.0. The lowest BCUT2D eigenvalue weighted by Crippen LogP contribution is -2.16. The maximum absolute atomic E-state index is 12.7. The lowest BCUT2D eigenvalue weighted by Gasteiger charge is -2.17. The number of rotatable bonds is 6. The highest BCUT2D eigenvalue weighted by Crippen LogP contribution is 2.28. The van der Waals surface area contributed by atoms with Gasteiger partial charge < -0.3 is 9.47 Å². The number of carbonyl (C=O) groups is 1. The molecule has 1 atom stereocenters. The second kappa shape index (κ2) is 7.25. The van der Waals surface area contributed by atoms with E-state index >= 15 is 0 Å². The molecule has 0 aromatic heterocycles. The summed E-state index contributed by atoms with van der Waals surface area (Å²) in [5.74, 6) is 0.365. The smallest absolute Gasteiger partial charge is 0.196 e. The second-order valence-corrected chi connectivity index (χ2v) is 4.87. The molecular formula is C17H17ClO3. The van der Waals surface area contributed by atoms with Gasteiger partial charge in [-0.1, -0.05) is 41.9 Å². The average molecular weight is 305 g/mol. The summed E-state index contributed by atoms with van der Waals surface area (Å²) < 4.78 is 10.8. The van der Waals surface area contributed by atoms with E-state index in [-0.39, 0.29) is 5.78 Å². The van der Waals surface area contributed by atoms with Gasteiger partial charge in [-0.25, -0.2) is 0 Å². The Labute approximate surface area is 129 Å². The molecule has 0 bridgehead atoms. The van der Waals surface area contributed by atoms with Gasteiger partial charge in [0.1, 0.15) is 11.9 Å². The van der Waals surface area contributed by atoms with Crippen molar-refractivity contribution in [3.63, 3.8) is 0 Å². The van der Waals surface area contributed by atoms with Crippen molar-refractivity contribution in [2.45, 2.75) is 13.0 Å². The molecule has 0 aliphatic carbocycles. The molecule has 2 rings (SSSR count). The van der Waals surface area contributed by atoms with Crippen molar-refractivity contribution < 1.29 is 14.3 Å². The third-order valence-corrected chi connectivity index (χ3v) is 3.42. The van der Waals surface area contributed by atoms with Crippen LogP contribution in [0.3, 0.4) is 0 Å². The van der Waals surface area contributed by atoms with Gasteiger partial charge in [0.15, 0.2) is 5.78 Å². The van der Waals surface area contributed by atoms with E-state index in [4.69, 9.17) is 21.1 Å². The Kier molecular flexibility index (Phi) is 5.37. The van der Waals surface area contributed by atoms with Crippen LogP contribution in [0.2, 0.25) is 5.02 Å². The molecule has 2 aromatic rings. The predicted octanol–water partition coefficient (Wildman–Crippen LogP) is 4.31. The van der Waals surface area contributed by atoms with Crippen molar-refractivity contribution in [3.05, 3.63) is 64.7 Å². The van der Waals surface area contributed by atoms with E-state index < -0.39 is 6.10 Å². The van der Waals surface area contributed by atoms with Crippen molar-refractivity contribution in [2.75, 3.05) is 13.7 Å². The minimum absolute atomic E-state index is 0.113. The summed E-state index contributed by atoms with van der Waals surface area (Å²) in [6.45, 7) is 2.32. The number of benzene rings is 2. The number of ether oxygens (including phenoxy) is 2. The summed E-state index contributed by atoms with van der Waals surface area (Å²) >= 11 is 5.99. The van der Waals surface area contributed by atoms with E-state index in [1.54, 1.807) is 18.2 Å². The number of Topliss-reactive ketones (excluding diaryl/α,β-unsaturated/α-hetero) is 1. The molecule has 0 saturated carbocycles. The Morgan fingerprint density at radius 3 is 2.52 bits per heavy atom. The Morgan fingerprint density at radius 2 is 1.90 bits per heavy atom. The summed E-state index contributed by atoms with van der Waals surface area (Å²) in [6, 6.07) is 14.4. The predicted molar refractivity (Wildman–Crippen MR) is 83.1 cm³/mol. The standard InChI is InChI=1S/C17H17ClO3/c1-3-21-17(12-7-5-4-6-8-12)16(19)13-9-10-14(18)15(11-13)20-2/h4-11,17H,3H2,1-2H3. The van der Waals surface area contributed by atoms with Crippen molar-refractivity contribution in [1.82, 2.24) is 0 Å². The highest BCUT2D eigenvalue weighted by Gasteiger charge is 2.23. The van der Waals surface area contributed by atoms with Crippen molar-refractivity contribution in [2.24, 2.45) is 0 Å². The van der Waals surface area contributed by atoms with Gasteiger partial charge in [-0.15, -0.1) is 0 Å². The van der Waals surface area contributed by atoms with Crippen molar-refractivity contribution >= 4 is 17.4 Å². The number of hydrogen-bond acceptors (Lipinski definition) is 3. The molecule has 4 heteroatoms. The zero-order chi connectivity index (χ0) is 15.2. The van der Waals surface area contributed by atoms with Gasteiger partial charge in [0.25, 0.3) is 0 Å². The van der Waals surface area contributed by atoms with E-state index in [2.05, 4.69) is 0 Å². The van der Waals surface area contributed by atoms with Crippen LogP contribution < -0.4 is 4.74 Å². The lowest BCUT2D eigenvalue weighted by atomic mass is 9.99. The fourth-order valence-corrected chi connectivity index (χ4v) is 2.28. The van der Waals surface area contributed by atoms with Crippen molar-refractivity contribution in [1.29, 1.82) is 0 Å². The van der Waals surface area contributed by atoms with Crippen LogP contribution in [0.5, 0.6) is 5.75 Å². The maximum atomic E-state index is 12.7. The first-order valence-electron chi connectivity index (χ1n) is 6.71. The van der Waals surface area contributed by atoms with E-state index in [0.717, 1.165) is 5.56 Å². The fourth-order valence-electron chi connectivity index (χ4n) is 2.08. The number of carbonyl (C=O) groups excluding carboxylic acids is 1. The van der Waals surface area contributed by atoms with E-state index in [1.807, 2.05) is 37.3 Å². The summed E-state index contributed by atoms with van der Waals surface area (Å²) in [5.41, 5.74) is 1.34. The molecule has 2 aromatic carbocycles. The lowest BCUT2D eigenvalue weighted by molar-refractivity contribution is 0.0452. The molecule has 0 amide bonds. The third-order valence-electron chi connectivity index (χ3n) is 3.11. The van der Waals surface area contributed by atoms with Crippen LogP contribution in [-0.4, -0.2) is 19.5 Å². The Balaban J connectivity index is 2.35. The van der Waals surface area contributed by atoms with Gasteiger partial charge in [-0.05, 0) is 30.7 Å². The molecule has 0 heterocycles. The molecule has 0 saturated heterocycles. The summed E-state index contributed by atoms with van der Waals surface area (Å²) in [6.07, 6.45) is -0.623. The molecule has 110 valence electrons. The topological polar surface area (TPSA) is 35.5 Å². The molecule has 0 aliphatic rings. The Bertz CT molecular complexity index is 611. The molecule has 1 unspecified atom stereocenters. The Hall–Kier alpha value is -1.84. The molecular weight excluding hydrogens is 288 g/mol. The zero-order valence-electron chi connectivity index (χ0n) is 12.0.